The average molecular weight is 426 g/mol. The third kappa shape index (κ3) is 6.55. The van der Waals surface area contributed by atoms with Crippen molar-refractivity contribution in [3.8, 4) is 11.5 Å². The van der Waals surface area contributed by atoms with Crippen molar-refractivity contribution in [3.05, 3.63) is 59.7 Å². The number of nitrogens with one attached hydrogen (secondary N) is 1. The number of Topliss-reactive ketones (excluding diaryl/α,β-unsaturated/α-hetero) is 1. The van der Waals surface area contributed by atoms with Gasteiger partial charge < -0.3 is 19.9 Å². The van der Waals surface area contributed by atoms with E-state index in [0.717, 1.165) is 5.56 Å². The highest BCUT2D eigenvalue weighted by atomic mass is 16.5. The highest BCUT2D eigenvalue weighted by Gasteiger charge is 2.31. The number of carbonyl (C=O) groups excluding carboxylic acids is 1. The Balaban J connectivity index is 0.000000229. The SMILES string of the molecule is CC1(C)CCCC(C)(C)N1.O=C1c2ccc(OCc3ccccc3)cc2OCC1CO. The second kappa shape index (κ2) is 9.84. The van der Waals surface area contributed by atoms with Crippen LogP contribution in [-0.4, -0.2) is 35.2 Å². The fourth-order valence-corrected chi connectivity index (χ4v) is 4.29. The molecule has 0 aliphatic carbocycles. The summed E-state index contributed by atoms with van der Waals surface area (Å²) in [6.45, 7) is 9.63. The Kier molecular flexibility index (Phi) is 7.39. The molecule has 1 atom stereocenters. The standard InChI is InChI=1S/C17H16O4.C9H19N/c18-9-13-11-21-16-8-14(6-7-15(16)17(13)19)20-10-12-4-2-1-3-5-12;1-8(2)6-5-7-9(3,4)10-8/h1-8,13,18H,9-11H2;10H,5-7H2,1-4H3. The molecule has 5 heteroatoms. The van der Waals surface area contributed by atoms with Gasteiger partial charge in [0.05, 0.1) is 18.1 Å². The Labute approximate surface area is 185 Å². The van der Waals surface area contributed by atoms with Gasteiger partial charge in [0.1, 0.15) is 24.7 Å². The van der Waals surface area contributed by atoms with Crippen molar-refractivity contribution < 1.29 is 19.4 Å². The van der Waals surface area contributed by atoms with E-state index in [2.05, 4.69) is 33.0 Å². The molecule has 31 heavy (non-hydrogen) atoms. The molecule has 2 aromatic carbocycles. The molecule has 2 N–H and O–H groups in total. The van der Waals surface area contributed by atoms with E-state index in [9.17, 15) is 4.79 Å². The van der Waals surface area contributed by atoms with Gasteiger partial charge in [0.25, 0.3) is 0 Å². The van der Waals surface area contributed by atoms with Gasteiger partial charge >= 0.3 is 0 Å². The Morgan fingerprint density at radius 3 is 2.32 bits per heavy atom. The van der Waals surface area contributed by atoms with Crippen LogP contribution in [0.3, 0.4) is 0 Å². The van der Waals surface area contributed by atoms with Crippen LogP contribution in [-0.2, 0) is 6.61 Å². The molecule has 0 radical (unpaired) electrons. The summed E-state index contributed by atoms with van der Waals surface area (Å²) in [6, 6.07) is 15.0. The van der Waals surface area contributed by atoms with Crippen molar-refractivity contribution in [1.82, 2.24) is 5.32 Å². The van der Waals surface area contributed by atoms with E-state index in [1.165, 1.54) is 19.3 Å². The molecule has 2 aliphatic rings. The van der Waals surface area contributed by atoms with Crippen LogP contribution in [0.25, 0.3) is 0 Å². The lowest BCUT2D eigenvalue weighted by Crippen LogP contribution is -2.55. The first-order valence-corrected chi connectivity index (χ1v) is 11.1. The summed E-state index contributed by atoms with van der Waals surface area (Å²) in [5.74, 6) is 0.644. The molecule has 1 fully saturated rings. The molecule has 5 nitrogen and oxygen atoms in total. The smallest absolute Gasteiger partial charge is 0.175 e. The lowest BCUT2D eigenvalue weighted by atomic mass is 9.83. The van der Waals surface area contributed by atoms with Crippen LogP contribution in [0.2, 0.25) is 0 Å². The van der Waals surface area contributed by atoms with Crippen LogP contribution in [0.4, 0.5) is 0 Å². The minimum absolute atomic E-state index is 0.0756. The third-order valence-corrected chi connectivity index (χ3v) is 5.78. The molecule has 0 spiro atoms. The molecule has 1 saturated heterocycles. The van der Waals surface area contributed by atoms with Gasteiger partial charge in [0.15, 0.2) is 5.78 Å². The Hall–Kier alpha value is -2.37. The van der Waals surface area contributed by atoms with Crippen LogP contribution in [0.5, 0.6) is 11.5 Å². The molecular formula is C26H35NO4. The van der Waals surface area contributed by atoms with E-state index in [-0.39, 0.29) is 19.0 Å². The van der Waals surface area contributed by atoms with Crippen LogP contribution < -0.4 is 14.8 Å². The van der Waals surface area contributed by atoms with Crippen molar-refractivity contribution in [1.29, 1.82) is 0 Å². The third-order valence-electron chi connectivity index (χ3n) is 5.78. The summed E-state index contributed by atoms with van der Waals surface area (Å²) in [5, 5.41) is 12.8. The predicted molar refractivity (Wildman–Crippen MR) is 123 cm³/mol. The van der Waals surface area contributed by atoms with Crippen LogP contribution in [0.15, 0.2) is 48.5 Å². The average Bonchev–Trinajstić information content (AvgIpc) is 2.72. The molecular weight excluding hydrogens is 390 g/mol. The van der Waals surface area contributed by atoms with Crippen molar-refractivity contribution in [2.45, 2.75) is 64.6 Å². The molecule has 168 valence electrons. The summed E-state index contributed by atoms with van der Waals surface area (Å²) in [7, 11) is 0. The number of ketones is 1. The number of aliphatic hydroxyl groups excluding tert-OH is 1. The van der Waals surface area contributed by atoms with Gasteiger partial charge in [-0.3, -0.25) is 4.79 Å². The minimum Gasteiger partial charge on any atom is -0.492 e. The number of hydrogen-bond acceptors (Lipinski definition) is 5. The Morgan fingerprint density at radius 2 is 1.74 bits per heavy atom. The molecule has 2 heterocycles. The van der Waals surface area contributed by atoms with E-state index in [0.29, 0.717) is 34.7 Å². The van der Waals surface area contributed by atoms with Gasteiger partial charge in [-0.15, -0.1) is 0 Å². The summed E-state index contributed by atoms with van der Waals surface area (Å²) >= 11 is 0. The number of benzene rings is 2. The highest BCUT2D eigenvalue weighted by molar-refractivity contribution is 6.01. The maximum absolute atomic E-state index is 12.1. The lowest BCUT2D eigenvalue weighted by Gasteiger charge is -2.42. The molecule has 0 aromatic heterocycles. The first kappa shape index (κ1) is 23.3. The van der Waals surface area contributed by atoms with Gasteiger partial charge in [-0.1, -0.05) is 30.3 Å². The zero-order valence-electron chi connectivity index (χ0n) is 19.1. The molecule has 0 amide bonds. The first-order chi connectivity index (χ1) is 14.7. The molecule has 0 bridgehead atoms. The van der Waals surface area contributed by atoms with Gasteiger partial charge in [-0.05, 0) is 64.7 Å². The monoisotopic (exact) mass is 425 g/mol. The van der Waals surface area contributed by atoms with Crippen molar-refractivity contribution in [2.75, 3.05) is 13.2 Å². The molecule has 1 unspecified atom stereocenters. The van der Waals surface area contributed by atoms with Crippen molar-refractivity contribution >= 4 is 5.78 Å². The summed E-state index contributed by atoms with van der Waals surface area (Å²) in [6.07, 6.45) is 4.00. The van der Waals surface area contributed by atoms with Gasteiger partial charge in [-0.2, -0.15) is 0 Å². The molecule has 4 rings (SSSR count). The van der Waals surface area contributed by atoms with Crippen molar-refractivity contribution in [2.24, 2.45) is 5.92 Å². The Morgan fingerprint density at radius 1 is 1.06 bits per heavy atom. The number of hydrogen-bond donors (Lipinski definition) is 2. The fraction of sp³-hybridized carbons (Fsp3) is 0.500. The summed E-state index contributed by atoms with van der Waals surface area (Å²) in [4.78, 5) is 12.1. The number of ether oxygens (including phenoxy) is 2. The number of fused-ring (bicyclic) bond motifs is 1. The summed E-state index contributed by atoms with van der Waals surface area (Å²) in [5.41, 5.74) is 2.31. The van der Waals surface area contributed by atoms with Gasteiger partial charge in [0.2, 0.25) is 0 Å². The molecule has 2 aliphatic heterocycles. The van der Waals surface area contributed by atoms with Gasteiger partial charge in [0, 0.05) is 17.1 Å². The van der Waals surface area contributed by atoms with Crippen LogP contribution in [0, 0.1) is 5.92 Å². The Bertz CT molecular complexity index is 862. The normalized spacial score (nSPS) is 21.2. The van der Waals surface area contributed by atoms with Gasteiger partial charge in [-0.25, -0.2) is 0 Å². The predicted octanol–water partition coefficient (Wildman–Crippen LogP) is 4.77. The number of aliphatic hydroxyl groups is 1. The maximum Gasteiger partial charge on any atom is 0.175 e. The zero-order valence-corrected chi connectivity index (χ0v) is 19.1. The first-order valence-electron chi connectivity index (χ1n) is 11.1. The van der Waals surface area contributed by atoms with E-state index in [4.69, 9.17) is 14.6 Å². The molecule has 2 aromatic rings. The topological polar surface area (TPSA) is 67.8 Å². The summed E-state index contributed by atoms with van der Waals surface area (Å²) < 4.78 is 11.2. The van der Waals surface area contributed by atoms with E-state index in [1.54, 1.807) is 18.2 Å². The maximum atomic E-state index is 12.1. The quantitative estimate of drug-likeness (QED) is 0.739. The van der Waals surface area contributed by atoms with E-state index < -0.39 is 5.92 Å². The fourth-order valence-electron chi connectivity index (χ4n) is 4.29. The number of piperidine rings is 1. The van der Waals surface area contributed by atoms with E-state index in [1.807, 2.05) is 30.3 Å². The van der Waals surface area contributed by atoms with E-state index >= 15 is 0 Å². The second-order valence-electron chi connectivity index (χ2n) is 9.73. The highest BCUT2D eigenvalue weighted by Crippen LogP contribution is 2.31. The van der Waals surface area contributed by atoms with Crippen LogP contribution in [0.1, 0.15) is 62.9 Å². The second-order valence-corrected chi connectivity index (χ2v) is 9.73. The molecule has 0 saturated carbocycles. The number of rotatable bonds is 4. The lowest BCUT2D eigenvalue weighted by molar-refractivity contribution is 0.0737. The minimum atomic E-state index is -0.464. The van der Waals surface area contributed by atoms with Crippen LogP contribution >= 0.6 is 0 Å². The van der Waals surface area contributed by atoms with Crippen molar-refractivity contribution in [3.63, 3.8) is 0 Å². The number of carbonyl (C=O) groups is 1. The zero-order chi connectivity index (χ0) is 22.5. The largest absolute Gasteiger partial charge is 0.492 e.